The Labute approximate surface area is 104 Å². The number of nitrogens with one attached hydrogen (secondary N) is 1. The van der Waals surface area contributed by atoms with Crippen molar-refractivity contribution in [2.45, 2.75) is 57.4 Å². The van der Waals surface area contributed by atoms with E-state index in [1.165, 1.54) is 32.1 Å². The number of carbonyl (C=O) groups excluding carboxylic acids is 1. The maximum atomic E-state index is 11.7. The van der Waals surface area contributed by atoms with Gasteiger partial charge in [-0.15, -0.1) is 12.4 Å². The molecule has 2 fully saturated rings. The van der Waals surface area contributed by atoms with Crippen LogP contribution in [-0.2, 0) is 4.79 Å². The van der Waals surface area contributed by atoms with Gasteiger partial charge in [-0.3, -0.25) is 4.79 Å². The van der Waals surface area contributed by atoms with Crippen LogP contribution in [0.2, 0.25) is 0 Å². The van der Waals surface area contributed by atoms with E-state index in [0.29, 0.717) is 5.41 Å². The molecule has 0 unspecified atom stereocenters. The molecule has 2 saturated carbocycles. The first kappa shape index (κ1) is 13.8. The highest BCUT2D eigenvalue weighted by atomic mass is 35.5. The second-order valence-electron chi connectivity index (χ2n) is 5.44. The summed E-state index contributed by atoms with van der Waals surface area (Å²) in [6.07, 6.45) is 8.05. The second-order valence-corrected chi connectivity index (χ2v) is 5.44. The Kier molecular flexibility index (Phi) is 4.24. The average Bonchev–Trinajstić information content (AvgIpc) is 2.89. The Hall–Kier alpha value is -0.280. The van der Waals surface area contributed by atoms with Gasteiger partial charge in [0.25, 0.3) is 0 Å². The fourth-order valence-corrected chi connectivity index (χ4v) is 2.53. The van der Waals surface area contributed by atoms with Gasteiger partial charge in [0.1, 0.15) is 0 Å². The zero-order valence-corrected chi connectivity index (χ0v) is 10.9. The van der Waals surface area contributed by atoms with Crippen molar-refractivity contribution in [1.82, 2.24) is 5.32 Å². The minimum atomic E-state index is -0.503. The van der Waals surface area contributed by atoms with Crippen molar-refractivity contribution in [3.63, 3.8) is 0 Å². The zero-order valence-electron chi connectivity index (χ0n) is 10.1. The Balaban J connectivity index is 0.00000128. The molecular formula is C12H23ClN2O. The lowest BCUT2D eigenvalue weighted by molar-refractivity contribution is -0.124. The van der Waals surface area contributed by atoms with Crippen LogP contribution >= 0.6 is 12.4 Å². The summed E-state index contributed by atoms with van der Waals surface area (Å²) in [4.78, 5) is 11.7. The van der Waals surface area contributed by atoms with Crippen molar-refractivity contribution >= 4 is 18.3 Å². The molecule has 0 aliphatic heterocycles. The van der Waals surface area contributed by atoms with E-state index in [2.05, 4.69) is 12.2 Å². The van der Waals surface area contributed by atoms with E-state index in [1.807, 2.05) is 0 Å². The van der Waals surface area contributed by atoms with Crippen LogP contribution in [0, 0.1) is 5.41 Å². The van der Waals surface area contributed by atoms with Crippen molar-refractivity contribution in [2.24, 2.45) is 11.1 Å². The van der Waals surface area contributed by atoms with Crippen molar-refractivity contribution in [1.29, 1.82) is 0 Å². The standard InChI is InChI=1S/C12H22N2O.ClH/c1-2-4-11(5-3-6-11)9-14-10(15)12(13)7-8-12;/h2-9,13H2,1H3,(H,14,15);1H. The summed E-state index contributed by atoms with van der Waals surface area (Å²) in [6, 6.07) is 0. The van der Waals surface area contributed by atoms with Gasteiger partial charge in [0.2, 0.25) is 5.91 Å². The molecule has 0 saturated heterocycles. The van der Waals surface area contributed by atoms with Gasteiger partial charge in [-0.05, 0) is 37.5 Å². The lowest BCUT2D eigenvalue weighted by Crippen LogP contribution is -2.48. The summed E-state index contributed by atoms with van der Waals surface area (Å²) in [5.74, 6) is 0.0740. The van der Waals surface area contributed by atoms with Gasteiger partial charge in [-0.1, -0.05) is 19.8 Å². The number of hydrogen-bond acceptors (Lipinski definition) is 2. The Morgan fingerprint density at radius 2 is 1.94 bits per heavy atom. The number of halogens is 1. The van der Waals surface area contributed by atoms with E-state index < -0.39 is 5.54 Å². The highest BCUT2D eigenvalue weighted by molar-refractivity contribution is 5.89. The fraction of sp³-hybridized carbons (Fsp3) is 0.917. The SMILES string of the molecule is CCCC1(CNC(=O)C2(N)CC2)CCC1.Cl. The Morgan fingerprint density at radius 1 is 1.31 bits per heavy atom. The molecule has 2 aliphatic carbocycles. The van der Waals surface area contributed by atoms with E-state index in [-0.39, 0.29) is 18.3 Å². The summed E-state index contributed by atoms with van der Waals surface area (Å²) < 4.78 is 0. The first-order valence-electron chi connectivity index (χ1n) is 6.17. The molecule has 3 N–H and O–H groups in total. The summed E-state index contributed by atoms with van der Waals surface area (Å²) in [5.41, 5.74) is 5.75. The third-order valence-corrected chi connectivity index (χ3v) is 4.06. The molecule has 1 amide bonds. The zero-order chi connectivity index (χ0) is 10.9. The number of nitrogens with two attached hydrogens (primary N) is 1. The summed E-state index contributed by atoms with van der Waals surface area (Å²) in [6.45, 7) is 3.06. The molecule has 0 aromatic heterocycles. The van der Waals surface area contributed by atoms with Gasteiger partial charge in [0.15, 0.2) is 0 Å². The molecule has 0 atom stereocenters. The normalized spacial score (nSPS) is 23.9. The summed E-state index contributed by atoms with van der Waals surface area (Å²) in [5, 5.41) is 3.05. The van der Waals surface area contributed by atoms with Crippen molar-refractivity contribution in [3.05, 3.63) is 0 Å². The minimum absolute atomic E-state index is 0. The quantitative estimate of drug-likeness (QED) is 0.780. The number of rotatable bonds is 5. The van der Waals surface area contributed by atoms with Gasteiger partial charge in [0.05, 0.1) is 5.54 Å². The molecule has 2 rings (SSSR count). The van der Waals surface area contributed by atoms with Gasteiger partial charge < -0.3 is 11.1 Å². The lowest BCUT2D eigenvalue weighted by Gasteiger charge is -2.42. The van der Waals surface area contributed by atoms with E-state index in [4.69, 9.17) is 5.73 Å². The average molecular weight is 247 g/mol. The molecule has 0 bridgehead atoms. The summed E-state index contributed by atoms with van der Waals surface area (Å²) in [7, 11) is 0. The number of amides is 1. The monoisotopic (exact) mass is 246 g/mol. The van der Waals surface area contributed by atoms with E-state index in [0.717, 1.165) is 19.4 Å². The van der Waals surface area contributed by atoms with Gasteiger partial charge >= 0.3 is 0 Å². The lowest BCUT2D eigenvalue weighted by atomic mass is 9.66. The summed E-state index contributed by atoms with van der Waals surface area (Å²) >= 11 is 0. The van der Waals surface area contributed by atoms with Crippen LogP contribution in [0.5, 0.6) is 0 Å². The van der Waals surface area contributed by atoms with Crippen molar-refractivity contribution in [3.8, 4) is 0 Å². The number of carbonyl (C=O) groups is 1. The third-order valence-electron chi connectivity index (χ3n) is 4.06. The van der Waals surface area contributed by atoms with Crippen LogP contribution in [-0.4, -0.2) is 18.0 Å². The van der Waals surface area contributed by atoms with Crippen LogP contribution in [0.1, 0.15) is 51.9 Å². The van der Waals surface area contributed by atoms with Crippen LogP contribution in [0.3, 0.4) is 0 Å². The molecule has 4 heteroatoms. The van der Waals surface area contributed by atoms with Crippen molar-refractivity contribution in [2.75, 3.05) is 6.54 Å². The molecule has 94 valence electrons. The fourth-order valence-electron chi connectivity index (χ4n) is 2.53. The van der Waals surface area contributed by atoms with Crippen LogP contribution in [0.25, 0.3) is 0 Å². The minimum Gasteiger partial charge on any atom is -0.354 e. The second kappa shape index (κ2) is 4.92. The molecule has 0 aromatic rings. The van der Waals surface area contributed by atoms with Crippen LogP contribution in [0.4, 0.5) is 0 Å². The van der Waals surface area contributed by atoms with E-state index in [1.54, 1.807) is 0 Å². The highest BCUT2D eigenvalue weighted by Gasteiger charge is 2.46. The van der Waals surface area contributed by atoms with Gasteiger partial charge in [0, 0.05) is 6.54 Å². The van der Waals surface area contributed by atoms with Gasteiger partial charge in [-0.25, -0.2) is 0 Å². The van der Waals surface area contributed by atoms with Crippen LogP contribution in [0.15, 0.2) is 0 Å². The first-order valence-corrected chi connectivity index (χ1v) is 6.17. The molecule has 3 nitrogen and oxygen atoms in total. The van der Waals surface area contributed by atoms with Gasteiger partial charge in [-0.2, -0.15) is 0 Å². The Bertz CT molecular complexity index is 260. The largest absolute Gasteiger partial charge is 0.354 e. The molecule has 0 aromatic carbocycles. The molecule has 0 spiro atoms. The highest BCUT2D eigenvalue weighted by Crippen LogP contribution is 2.44. The maximum Gasteiger partial charge on any atom is 0.240 e. The Morgan fingerprint density at radius 3 is 2.31 bits per heavy atom. The molecule has 0 radical (unpaired) electrons. The predicted molar refractivity (Wildman–Crippen MR) is 67.6 cm³/mol. The molecule has 16 heavy (non-hydrogen) atoms. The smallest absolute Gasteiger partial charge is 0.240 e. The van der Waals surface area contributed by atoms with Crippen LogP contribution < -0.4 is 11.1 Å². The van der Waals surface area contributed by atoms with E-state index >= 15 is 0 Å². The van der Waals surface area contributed by atoms with Crippen molar-refractivity contribution < 1.29 is 4.79 Å². The molecule has 0 heterocycles. The third kappa shape index (κ3) is 2.69. The van der Waals surface area contributed by atoms with E-state index in [9.17, 15) is 4.79 Å². The predicted octanol–water partition coefficient (Wildman–Crippen LogP) is 1.99. The number of hydrogen-bond donors (Lipinski definition) is 2. The molecule has 2 aliphatic rings. The molecular weight excluding hydrogens is 224 g/mol. The topological polar surface area (TPSA) is 55.1 Å². The maximum absolute atomic E-state index is 11.7. The first-order chi connectivity index (χ1) is 7.10.